The van der Waals surface area contributed by atoms with Gasteiger partial charge in [-0.05, 0) is 36.4 Å². The molecule has 0 aliphatic carbocycles. The Balaban J connectivity index is 2.49. The predicted octanol–water partition coefficient (Wildman–Crippen LogP) is 3.11. The van der Waals surface area contributed by atoms with E-state index >= 15 is 0 Å². The van der Waals surface area contributed by atoms with Crippen LogP contribution in [0.15, 0.2) is 51.8 Å². The van der Waals surface area contributed by atoms with Crippen LogP contribution in [0.5, 0.6) is 0 Å². The molecule has 0 aliphatic heterocycles. The number of carbonyl (C=O) groups is 1. The van der Waals surface area contributed by atoms with Crippen LogP contribution >= 0.6 is 15.9 Å². The van der Waals surface area contributed by atoms with E-state index in [0.717, 1.165) is 16.4 Å². The van der Waals surface area contributed by atoms with Crippen LogP contribution in [0.25, 0.3) is 0 Å². The molecule has 1 N–H and O–H groups in total. The molecule has 2 rings (SSSR count). The summed E-state index contributed by atoms with van der Waals surface area (Å²) in [6.45, 7) is 0. The van der Waals surface area contributed by atoms with Crippen LogP contribution in [0.4, 0.5) is 10.1 Å². The quantitative estimate of drug-likeness (QED) is 0.874. The van der Waals surface area contributed by atoms with Gasteiger partial charge in [-0.15, -0.1) is 0 Å². The van der Waals surface area contributed by atoms with E-state index in [9.17, 15) is 17.6 Å². The maximum absolute atomic E-state index is 13.9. The summed E-state index contributed by atoms with van der Waals surface area (Å²) in [5.41, 5.74) is -0.297. The SMILES string of the molecule is CN(c1ccc(Br)cc1F)S(=O)(=O)c1cccc(C(=O)O)c1. The third-order valence-electron chi connectivity index (χ3n) is 2.99. The lowest BCUT2D eigenvalue weighted by atomic mass is 10.2. The number of hydrogen-bond donors (Lipinski definition) is 1. The van der Waals surface area contributed by atoms with E-state index in [1.807, 2.05) is 0 Å². The zero-order valence-electron chi connectivity index (χ0n) is 11.3. The van der Waals surface area contributed by atoms with Crippen molar-refractivity contribution in [3.63, 3.8) is 0 Å². The second-order valence-electron chi connectivity index (χ2n) is 4.40. The zero-order chi connectivity index (χ0) is 16.5. The second-order valence-corrected chi connectivity index (χ2v) is 7.29. The van der Waals surface area contributed by atoms with E-state index in [1.165, 1.54) is 37.4 Å². The van der Waals surface area contributed by atoms with Crippen LogP contribution in [0.3, 0.4) is 0 Å². The van der Waals surface area contributed by atoms with Gasteiger partial charge in [-0.2, -0.15) is 0 Å². The highest BCUT2D eigenvalue weighted by atomic mass is 79.9. The molecule has 0 saturated heterocycles. The van der Waals surface area contributed by atoms with Crippen molar-refractivity contribution in [1.82, 2.24) is 0 Å². The minimum absolute atomic E-state index is 0.135. The van der Waals surface area contributed by atoms with Gasteiger partial charge in [-0.3, -0.25) is 4.31 Å². The summed E-state index contributed by atoms with van der Waals surface area (Å²) in [4.78, 5) is 10.7. The van der Waals surface area contributed by atoms with E-state index in [0.29, 0.717) is 4.47 Å². The molecule has 0 aliphatic rings. The largest absolute Gasteiger partial charge is 0.478 e. The summed E-state index contributed by atoms with van der Waals surface area (Å²) in [7, 11) is -2.87. The molecule has 0 saturated carbocycles. The molecule has 0 fully saturated rings. The highest BCUT2D eigenvalue weighted by Gasteiger charge is 2.24. The average Bonchev–Trinajstić information content (AvgIpc) is 2.46. The summed E-state index contributed by atoms with van der Waals surface area (Å²) < 4.78 is 40.2. The minimum atomic E-state index is -4.07. The van der Waals surface area contributed by atoms with Crippen molar-refractivity contribution in [3.8, 4) is 0 Å². The number of anilines is 1. The van der Waals surface area contributed by atoms with E-state index < -0.39 is 21.8 Å². The fourth-order valence-corrected chi connectivity index (χ4v) is 3.40. The van der Waals surface area contributed by atoms with Crippen LogP contribution in [0.2, 0.25) is 0 Å². The van der Waals surface area contributed by atoms with E-state index in [-0.39, 0.29) is 16.1 Å². The number of rotatable bonds is 4. The number of hydrogen-bond acceptors (Lipinski definition) is 3. The first-order valence-corrected chi connectivity index (χ1v) is 8.24. The average molecular weight is 388 g/mol. The maximum Gasteiger partial charge on any atom is 0.335 e. The Morgan fingerprint density at radius 2 is 1.91 bits per heavy atom. The summed E-state index contributed by atoms with van der Waals surface area (Å²) in [5, 5.41) is 8.93. The molecule has 0 heterocycles. The monoisotopic (exact) mass is 387 g/mol. The second kappa shape index (κ2) is 6.05. The van der Waals surface area contributed by atoms with Crippen LogP contribution in [0, 0.1) is 5.82 Å². The molecular weight excluding hydrogens is 377 g/mol. The summed E-state index contributed by atoms with van der Waals surface area (Å²) in [6.07, 6.45) is 0. The predicted molar refractivity (Wildman–Crippen MR) is 83.1 cm³/mol. The van der Waals surface area contributed by atoms with Gasteiger partial charge in [0.15, 0.2) is 0 Å². The van der Waals surface area contributed by atoms with Gasteiger partial charge in [0.2, 0.25) is 0 Å². The van der Waals surface area contributed by atoms with Crippen molar-refractivity contribution in [2.75, 3.05) is 11.4 Å². The number of carboxylic acids is 1. The Morgan fingerprint density at radius 1 is 1.23 bits per heavy atom. The van der Waals surface area contributed by atoms with Crippen molar-refractivity contribution >= 4 is 37.6 Å². The number of aromatic carboxylic acids is 1. The molecule has 0 unspecified atom stereocenters. The van der Waals surface area contributed by atoms with E-state index in [1.54, 1.807) is 0 Å². The van der Waals surface area contributed by atoms with Gasteiger partial charge >= 0.3 is 5.97 Å². The molecule has 5 nitrogen and oxygen atoms in total. The first-order valence-electron chi connectivity index (χ1n) is 6.01. The highest BCUT2D eigenvalue weighted by molar-refractivity contribution is 9.10. The lowest BCUT2D eigenvalue weighted by molar-refractivity contribution is 0.0696. The lowest BCUT2D eigenvalue weighted by Gasteiger charge is -2.20. The standard InChI is InChI=1S/C14H11BrFNO4S/c1-17(13-6-5-10(15)8-12(13)16)22(20,21)11-4-2-3-9(7-11)14(18)19/h2-8H,1H3,(H,18,19). The molecule has 0 aromatic heterocycles. The summed E-state index contributed by atoms with van der Waals surface area (Å²) >= 11 is 3.09. The van der Waals surface area contributed by atoms with Crippen molar-refractivity contribution < 1.29 is 22.7 Å². The van der Waals surface area contributed by atoms with Crippen LogP contribution in [-0.2, 0) is 10.0 Å². The molecule has 0 spiro atoms. The Morgan fingerprint density at radius 3 is 2.50 bits per heavy atom. The zero-order valence-corrected chi connectivity index (χ0v) is 13.7. The van der Waals surface area contributed by atoms with Crippen LogP contribution in [-0.4, -0.2) is 26.5 Å². The lowest BCUT2D eigenvalue weighted by Crippen LogP contribution is -2.27. The number of benzene rings is 2. The topological polar surface area (TPSA) is 74.7 Å². The Kier molecular flexibility index (Phi) is 4.52. The van der Waals surface area contributed by atoms with Crippen molar-refractivity contribution in [3.05, 3.63) is 58.3 Å². The molecule has 0 amide bonds. The number of carboxylic acid groups (broad SMARTS) is 1. The van der Waals surface area contributed by atoms with E-state index in [4.69, 9.17) is 5.11 Å². The fraction of sp³-hybridized carbons (Fsp3) is 0.0714. The van der Waals surface area contributed by atoms with Gasteiger partial charge in [0.1, 0.15) is 5.82 Å². The molecule has 2 aromatic carbocycles. The first-order chi connectivity index (χ1) is 10.2. The van der Waals surface area contributed by atoms with Gasteiger partial charge < -0.3 is 5.11 Å². The van der Waals surface area contributed by atoms with Crippen molar-refractivity contribution in [1.29, 1.82) is 0 Å². The normalized spacial score (nSPS) is 11.2. The Hall–Kier alpha value is -1.93. The summed E-state index contributed by atoms with van der Waals surface area (Å²) in [6, 6.07) is 8.87. The van der Waals surface area contributed by atoms with Gasteiger partial charge in [0, 0.05) is 11.5 Å². The van der Waals surface area contributed by atoms with Gasteiger partial charge in [-0.1, -0.05) is 22.0 Å². The van der Waals surface area contributed by atoms with Crippen LogP contribution in [0.1, 0.15) is 10.4 Å². The van der Waals surface area contributed by atoms with Crippen molar-refractivity contribution in [2.45, 2.75) is 4.90 Å². The molecule has 2 aromatic rings. The third-order valence-corrected chi connectivity index (χ3v) is 5.25. The number of nitrogens with zero attached hydrogens (tertiary/aromatic N) is 1. The van der Waals surface area contributed by atoms with Crippen LogP contribution < -0.4 is 4.31 Å². The summed E-state index contributed by atoms with van der Waals surface area (Å²) in [5.74, 6) is -1.95. The number of halogens is 2. The Bertz CT molecular complexity index is 838. The molecule has 0 bridgehead atoms. The molecule has 0 radical (unpaired) electrons. The van der Waals surface area contributed by atoms with Gasteiger partial charge in [-0.25, -0.2) is 17.6 Å². The third kappa shape index (κ3) is 3.12. The first kappa shape index (κ1) is 16.4. The molecule has 8 heteroatoms. The molecular formula is C14H11BrFNO4S. The molecule has 116 valence electrons. The maximum atomic E-state index is 13.9. The molecule has 0 atom stereocenters. The fourth-order valence-electron chi connectivity index (χ4n) is 1.81. The van der Waals surface area contributed by atoms with Gasteiger partial charge in [0.25, 0.3) is 10.0 Å². The van der Waals surface area contributed by atoms with E-state index in [2.05, 4.69) is 15.9 Å². The number of sulfonamides is 1. The van der Waals surface area contributed by atoms with Gasteiger partial charge in [0.05, 0.1) is 16.1 Å². The smallest absolute Gasteiger partial charge is 0.335 e. The Labute approximate surface area is 135 Å². The highest BCUT2D eigenvalue weighted by Crippen LogP contribution is 2.27. The minimum Gasteiger partial charge on any atom is -0.478 e. The molecule has 22 heavy (non-hydrogen) atoms. The van der Waals surface area contributed by atoms with Crippen molar-refractivity contribution in [2.24, 2.45) is 0 Å².